The maximum Gasteiger partial charge on any atom is 0.273 e. The van der Waals surface area contributed by atoms with Gasteiger partial charge in [-0.05, 0) is 31.6 Å². The molecule has 1 aromatic rings. The van der Waals surface area contributed by atoms with Crippen LogP contribution in [0.4, 0.5) is 0 Å². The zero-order valence-corrected chi connectivity index (χ0v) is 13.9. The molecule has 0 radical (unpaired) electrons. The summed E-state index contributed by atoms with van der Waals surface area (Å²) in [5.41, 5.74) is 6.19. The van der Waals surface area contributed by atoms with Gasteiger partial charge in [0.05, 0.1) is 0 Å². The van der Waals surface area contributed by atoms with Gasteiger partial charge in [0.1, 0.15) is 10.7 Å². The average Bonchev–Trinajstić information content (AvgIpc) is 3.19. The number of aromatic nitrogens is 1. The molecular formula is C15H24ClN3OS. The fraction of sp³-hybridized carbons (Fsp3) is 0.733. The van der Waals surface area contributed by atoms with Crippen molar-refractivity contribution in [1.82, 2.24) is 9.88 Å². The predicted molar refractivity (Wildman–Crippen MR) is 87.9 cm³/mol. The Kier molecular flexibility index (Phi) is 6.02. The molecule has 6 heteroatoms. The summed E-state index contributed by atoms with van der Waals surface area (Å²) in [5, 5.41) is 2.72. The van der Waals surface area contributed by atoms with Crippen molar-refractivity contribution < 1.29 is 4.79 Å². The van der Waals surface area contributed by atoms with Crippen LogP contribution in [0.2, 0.25) is 0 Å². The molecular weight excluding hydrogens is 306 g/mol. The van der Waals surface area contributed by atoms with E-state index in [-0.39, 0.29) is 18.3 Å². The van der Waals surface area contributed by atoms with Gasteiger partial charge in [-0.1, -0.05) is 19.3 Å². The second-order valence-corrected chi connectivity index (χ2v) is 6.97. The number of nitrogens with zero attached hydrogens (tertiary/aromatic N) is 2. The molecule has 1 heterocycles. The molecule has 0 atom stereocenters. The van der Waals surface area contributed by atoms with E-state index in [2.05, 4.69) is 9.88 Å². The first-order chi connectivity index (χ1) is 9.78. The highest BCUT2D eigenvalue weighted by molar-refractivity contribution is 7.09. The minimum atomic E-state index is 0. The summed E-state index contributed by atoms with van der Waals surface area (Å²) in [7, 11) is 0. The van der Waals surface area contributed by atoms with E-state index in [4.69, 9.17) is 5.73 Å². The van der Waals surface area contributed by atoms with Crippen LogP contribution in [0.15, 0.2) is 5.38 Å². The molecule has 0 spiro atoms. The Morgan fingerprint density at radius 2 is 2.00 bits per heavy atom. The molecule has 0 bridgehead atoms. The monoisotopic (exact) mass is 329 g/mol. The fourth-order valence-electron chi connectivity index (χ4n) is 3.02. The van der Waals surface area contributed by atoms with Gasteiger partial charge in [-0.2, -0.15) is 0 Å². The van der Waals surface area contributed by atoms with Crippen LogP contribution in [0.1, 0.15) is 60.4 Å². The summed E-state index contributed by atoms with van der Waals surface area (Å²) in [6.45, 7) is 1.35. The van der Waals surface area contributed by atoms with E-state index in [1.165, 1.54) is 43.4 Å². The molecule has 2 aliphatic carbocycles. The molecule has 21 heavy (non-hydrogen) atoms. The number of halogens is 1. The van der Waals surface area contributed by atoms with Crippen LogP contribution in [0.25, 0.3) is 0 Å². The molecule has 4 nitrogen and oxygen atoms in total. The van der Waals surface area contributed by atoms with E-state index in [1.54, 1.807) is 0 Å². The van der Waals surface area contributed by atoms with Gasteiger partial charge in [0, 0.05) is 24.5 Å². The van der Waals surface area contributed by atoms with Crippen molar-refractivity contribution in [1.29, 1.82) is 0 Å². The number of carbonyl (C=O) groups excluding carboxylic acids is 1. The highest BCUT2D eigenvalue weighted by Gasteiger charge is 2.33. The van der Waals surface area contributed by atoms with Crippen LogP contribution in [0, 0.1) is 5.92 Å². The number of carbonyl (C=O) groups is 1. The normalized spacial score (nSPS) is 19.1. The Bertz CT molecular complexity index is 469. The minimum absolute atomic E-state index is 0. The second-order valence-electron chi connectivity index (χ2n) is 6.02. The molecule has 0 aromatic carbocycles. The second kappa shape index (κ2) is 7.56. The molecule has 0 aliphatic heterocycles. The van der Waals surface area contributed by atoms with E-state index in [0.29, 0.717) is 18.3 Å². The molecule has 2 aliphatic rings. The number of thiazole rings is 1. The first-order valence-corrected chi connectivity index (χ1v) is 8.61. The van der Waals surface area contributed by atoms with E-state index >= 15 is 0 Å². The van der Waals surface area contributed by atoms with Crippen LogP contribution in [0.5, 0.6) is 0 Å². The van der Waals surface area contributed by atoms with Crippen LogP contribution in [-0.4, -0.2) is 28.4 Å². The minimum Gasteiger partial charge on any atom is -0.334 e. The first kappa shape index (κ1) is 16.7. The van der Waals surface area contributed by atoms with Gasteiger partial charge >= 0.3 is 0 Å². The first-order valence-electron chi connectivity index (χ1n) is 7.73. The maximum absolute atomic E-state index is 12.8. The van der Waals surface area contributed by atoms with Gasteiger partial charge in [0.15, 0.2) is 0 Å². The molecule has 118 valence electrons. The van der Waals surface area contributed by atoms with Crippen molar-refractivity contribution in [3.8, 4) is 0 Å². The highest BCUT2D eigenvalue weighted by Crippen LogP contribution is 2.33. The Balaban J connectivity index is 0.00000161. The highest BCUT2D eigenvalue weighted by atomic mass is 35.5. The van der Waals surface area contributed by atoms with Crippen LogP contribution >= 0.6 is 23.7 Å². The lowest BCUT2D eigenvalue weighted by molar-refractivity contribution is 0.0616. The Morgan fingerprint density at radius 3 is 2.57 bits per heavy atom. The van der Waals surface area contributed by atoms with Crippen molar-refractivity contribution in [3.63, 3.8) is 0 Å². The van der Waals surface area contributed by atoms with Crippen molar-refractivity contribution in [2.24, 2.45) is 11.7 Å². The molecule has 0 saturated heterocycles. The van der Waals surface area contributed by atoms with E-state index in [0.717, 1.165) is 30.3 Å². The molecule has 2 fully saturated rings. The van der Waals surface area contributed by atoms with Gasteiger partial charge in [0.2, 0.25) is 0 Å². The van der Waals surface area contributed by atoms with Crippen molar-refractivity contribution in [2.45, 2.75) is 57.5 Å². The van der Waals surface area contributed by atoms with Gasteiger partial charge in [-0.25, -0.2) is 4.98 Å². The SMILES string of the molecule is Cl.NCc1nc(C(=O)N(CC2CC2)C2CCCCC2)cs1. The average molecular weight is 330 g/mol. The number of nitrogens with two attached hydrogens (primary N) is 1. The lowest BCUT2D eigenvalue weighted by Gasteiger charge is -2.34. The Labute approximate surface area is 136 Å². The largest absolute Gasteiger partial charge is 0.334 e. The summed E-state index contributed by atoms with van der Waals surface area (Å²) in [6, 6.07) is 0.430. The molecule has 3 rings (SSSR count). The number of amides is 1. The molecule has 2 N–H and O–H groups in total. The summed E-state index contributed by atoms with van der Waals surface area (Å²) >= 11 is 1.49. The van der Waals surface area contributed by atoms with Gasteiger partial charge in [0.25, 0.3) is 5.91 Å². The van der Waals surface area contributed by atoms with Gasteiger partial charge in [-0.15, -0.1) is 23.7 Å². The van der Waals surface area contributed by atoms with E-state index < -0.39 is 0 Å². The standard InChI is InChI=1S/C15H23N3OS.ClH/c16-8-14-17-13(10-20-14)15(19)18(9-11-6-7-11)12-4-2-1-3-5-12;/h10-12H,1-9,16H2;1H. The Morgan fingerprint density at radius 1 is 1.29 bits per heavy atom. The third-order valence-electron chi connectivity index (χ3n) is 4.37. The maximum atomic E-state index is 12.8. The third-order valence-corrected chi connectivity index (χ3v) is 5.24. The lowest BCUT2D eigenvalue weighted by Crippen LogP contribution is -2.42. The van der Waals surface area contributed by atoms with Gasteiger partial charge in [-0.3, -0.25) is 4.79 Å². The third kappa shape index (κ3) is 4.18. The number of hydrogen-bond donors (Lipinski definition) is 1. The molecule has 2 saturated carbocycles. The summed E-state index contributed by atoms with van der Waals surface area (Å²) in [4.78, 5) is 19.3. The molecule has 1 aromatic heterocycles. The summed E-state index contributed by atoms with van der Waals surface area (Å²) < 4.78 is 0. The summed E-state index contributed by atoms with van der Waals surface area (Å²) in [5.74, 6) is 0.855. The lowest BCUT2D eigenvalue weighted by atomic mass is 9.93. The molecule has 0 unspecified atom stereocenters. The van der Waals surface area contributed by atoms with Crippen LogP contribution in [0.3, 0.4) is 0 Å². The van der Waals surface area contributed by atoms with E-state index in [9.17, 15) is 4.79 Å². The predicted octanol–water partition coefficient (Wildman–Crippen LogP) is 3.21. The topological polar surface area (TPSA) is 59.2 Å². The van der Waals surface area contributed by atoms with E-state index in [1.807, 2.05) is 5.38 Å². The summed E-state index contributed by atoms with van der Waals surface area (Å²) in [6.07, 6.45) is 8.70. The zero-order chi connectivity index (χ0) is 13.9. The quantitative estimate of drug-likeness (QED) is 0.902. The van der Waals surface area contributed by atoms with Crippen LogP contribution in [-0.2, 0) is 6.54 Å². The van der Waals surface area contributed by atoms with Crippen molar-refractivity contribution in [2.75, 3.05) is 6.54 Å². The van der Waals surface area contributed by atoms with Crippen molar-refractivity contribution in [3.05, 3.63) is 16.1 Å². The van der Waals surface area contributed by atoms with Crippen molar-refractivity contribution >= 4 is 29.7 Å². The smallest absolute Gasteiger partial charge is 0.273 e. The Hall–Kier alpha value is -0.650. The fourth-order valence-corrected chi connectivity index (χ4v) is 3.67. The number of rotatable bonds is 5. The van der Waals surface area contributed by atoms with Gasteiger partial charge < -0.3 is 10.6 Å². The number of hydrogen-bond acceptors (Lipinski definition) is 4. The molecule has 1 amide bonds. The zero-order valence-electron chi connectivity index (χ0n) is 12.3. The van der Waals surface area contributed by atoms with Crippen LogP contribution < -0.4 is 5.73 Å².